The predicted octanol–water partition coefficient (Wildman–Crippen LogP) is -1.59. The zero-order valence-corrected chi connectivity index (χ0v) is 16.0. The van der Waals surface area contributed by atoms with Gasteiger partial charge in [0.1, 0.15) is 24.4 Å². The van der Waals surface area contributed by atoms with E-state index in [1.807, 2.05) is 6.92 Å². The molecule has 10 nitrogen and oxygen atoms in total. The second-order valence-corrected chi connectivity index (χ2v) is 6.14. The molecule has 10 heteroatoms. The molecule has 0 aromatic carbocycles. The fourth-order valence-electron chi connectivity index (χ4n) is 2.52. The molecular formula is C17H33NO9. The van der Waals surface area contributed by atoms with Crippen LogP contribution in [0.5, 0.6) is 0 Å². The van der Waals surface area contributed by atoms with Gasteiger partial charge in [-0.15, -0.1) is 0 Å². The Balaban J connectivity index is 2.23. The Morgan fingerprint density at radius 1 is 0.963 bits per heavy atom. The third-order valence-corrected chi connectivity index (χ3v) is 3.85. The molecule has 1 unspecified atom stereocenters. The van der Waals surface area contributed by atoms with E-state index in [0.29, 0.717) is 26.4 Å². The summed E-state index contributed by atoms with van der Waals surface area (Å²) in [7, 11) is 0. The Bertz CT molecular complexity index is 399. The van der Waals surface area contributed by atoms with Crippen LogP contribution in [0.15, 0.2) is 0 Å². The lowest BCUT2D eigenvalue weighted by molar-refractivity contribution is -0.272. The molecule has 0 radical (unpaired) electrons. The van der Waals surface area contributed by atoms with E-state index in [2.05, 4.69) is 5.32 Å². The summed E-state index contributed by atoms with van der Waals surface area (Å²) in [5.74, 6) is -0.401. The normalized spacial score (nSPS) is 28.3. The molecule has 1 rings (SSSR count). The SMILES string of the molecule is CCCOCCOCCOCCOC1O[C@H](CO)[C@H](O)[C@H](O)[C@H]1NC(C)=O. The van der Waals surface area contributed by atoms with Gasteiger partial charge in [0.15, 0.2) is 6.29 Å². The van der Waals surface area contributed by atoms with Gasteiger partial charge in [0.05, 0.1) is 46.2 Å². The Hall–Kier alpha value is -0.850. The van der Waals surface area contributed by atoms with Crippen molar-refractivity contribution >= 4 is 5.91 Å². The first-order chi connectivity index (χ1) is 13.0. The van der Waals surface area contributed by atoms with Gasteiger partial charge in [-0.3, -0.25) is 4.79 Å². The number of amides is 1. The minimum Gasteiger partial charge on any atom is -0.394 e. The highest BCUT2D eigenvalue weighted by Crippen LogP contribution is 2.22. The van der Waals surface area contributed by atoms with Crippen LogP contribution >= 0.6 is 0 Å². The first-order valence-corrected chi connectivity index (χ1v) is 9.25. The van der Waals surface area contributed by atoms with Crippen LogP contribution in [0, 0.1) is 0 Å². The van der Waals surface area contributed by atoms with Crippen LogP contribution in [-0.4, -0.2) is 105 Å². The lowest BCUT2D eigenvalue weighted by atomic mass is 9.97. The minimum absolute atomic E-state index is 0.140. The van der Waals surface area contributed by atoms with Crippen LogP contribution in [0.3, 0.4) is 0 Å². The van der Waals surface area contributed by atoms with Crippen molar-refractivity contribution in [1.29, 1.82) is 0 Å². The molecule has 0 bridgehead atoms. The standard InChI is InChI=1S/C17H33NO9/c1-3-4-23-5-6-24-7-8-25-9-10-26-17-14(18-12(2)20)16(22)15(21)13(11-19)27-17/h13-17,19,21-22H,3-11H2,1-2H3,(H,18,20)/t13-,14-,15+,16-,17?/m1/s1. The molecule has 1 fully saturated rings. The van der Waals surface area contributed by atoms with E-state index in [1.54, 1.807) is 0 Å². The summed E-state index contributed by atoms with van der Waals surface area (Å²) in [6.07, 6.45) is -3.69. The molecule has 1 amide bonds. The molecule has 1 heterocycles. The molecule has 0 spiro atoms. The second kappa shape index (κ2) is 14.2. The maximum Gasteiger partial charge on any atom is 0.217 e. The smallest absolute Gasteiger partial charge is 0.217 e. The molecule has 1 saturated heterocycles. The zero-order chi connectivity index (χ0) is 20.1. The van der Waals surface area contributed by atoms with Gasteiger partial charge in [0, 0.05) is 13.5 Å². The molecular weight excluding hydrogens is 362 g/mol. The lowest BCUT2D eigenvalue weighted by Gasteiger charge is -2.42. The Morgan fingerprint density at radius 2 is 1.52 bits per heavy atom. The number of hydrogen-bond donors (Lipinski definition) is 4. The van der Waals surface area contributed by atoms with E-state index < -0.39 is 43.2 Å². The van der Waals surface area contributed by atoms with Crippen molar-refractivity contribution in [3.8, 4) is 0 Å². The van der Waals surface area contributed by atoms with Crippen molar-refractivity contribution in [2.45, 2.75) is 50.9 Å². The van der Waals surface area contributed by atoms with E-state index >= 15 is 0 Å². The van der Waals surface area contributed by atoms with Crippen molar-refractivity contribution in [1.82, 2.24) is 5.32 Å². The van der Waals surface area contributed by atoms with Gasteiger partial charge in [0.25, 0.3) is 0 Å². The highest BCUT2D eigenvalue weighted by Gasteiger charge is 2.45. The van der Waals surface area contributed by atoms with Gasteiger partial charge in [0.2, 0.25) is 5.91 Å². The van der Waals surface area contributed by atoms with Gasteiger partial charge >= 0.3 is 0 Å². The topological polar surface area (TPSA) is 136 Å². The predicted molar refractivity (Wildman–Crippen MR) is 94.1 cm³/mol. The maximum absolute atomic E-state index is 11.3. The zero-order valence-electron chi connectivity index (χ0n) is 16.0. The highest BCUT2D eigenvalue weighted by atomic mass is 16.7. The van der Waals surface area contributed by atoms with Gasteiger partial charge < -0.3 is 44.3 Å². The van der Waals surface area contributed by atoms with Gasteiger partial charge in [-0.1, -0.05) is 6.92 Å². The summed E-state index contributed by atoms with van der Waals surface area (Å²) < 4.78 is 26.9. The number of nitrogens with one attached hydrogen (secondary N) is 1. The van der Waals surface area contributed by atoms with Gasteiger partial charge in [-0.2, -0.15) is 0 Å². The second-order valence-electron chi connectivity index (χ2n) is 6.14. The molecule has 0 aromatic rings. The van der Waals surface area contributed by atoms with E-state index in [1.165, 1.54) is 6.92 Å². The van der Waals surface area contributed by atoms with Crippen molar-refractivity contribution in [3.63, 3.8) is 0 Å². The molecule has 0 saturated carbocycles. The number of ether oxygens (including phenoxy) is 5. The molecule has 160 valence electrons. The molecule has 1 aliphatic heterocycles. The van der Waals surface area contributed by atoms with Gasteiger partial charge in [-0.25, -0.2) is 0 Å². The third kappa shape index (κ3) is 9.26. The average molecular weight is 395 g/mol. The van der Waals surface area contributed by atoms with Crippen molar-refractivity contribution in [2.24, 2.45) is 0 Å². The summed E-state index contributed by atoms with van der Waals surface area (Å²) in [4.78, 5) is 11.3. The summed E-state index contributed by atoms with van der Waals surface area (Å²) in [6.45, 7) is 5.85. The molecule has 0 aliphatic carbocycles. The van der Waals surface area contributed by atoms with Crippen LogP contribution < -0.4 is 5.32 Å². The molecule has 0 aromatic heterocycles. The quantitative estimate of drug-likeness (QED) is 0.257. The Labute approximate surface area is 159 Å². The number of carbonyl (C=O) groups is 1. The molecule has 4 N–H and O–H groups in total. The summed E-state index contributed by atoms with van der Waals surface area (Å²) in [5, 5.41) is 31.8. The first kappa shape index (κ1) is 24.2. The van der Waals surface area contributed by atoms with Gasteiger partial charge in [-0.05, 0) is 6.42 Å². The minimum atomic E-state index is -1.33. The van der Waals surface area contributed by atoms with Crippen molar-refractivity contribution in [3.05, 3.63) is 0 Å². The van der Waals surface area contributed by atoms with Crippen LogP contribution in [0.2, 0.25) is 0 Å². The van der Waals surface area contributed by atoms with Crippen molar-refractivity contribution in [2.75, 3.05) is 52.9 Å². The van der Waals surface area contributed by atoms with Crippen LogP contribution in [0.4, 0.5) is 0 Å². The van der Waals surface area contributed by atoms with Crippen LogP contribution in [-0.2, 0) is 28.5 Å². The summed E-state index contributed by atoms with van der Waals surface area (Å²) in [5.41, 5.74) is 0. The highest BCUT2D eigenvalue weighted by molar-refractivity contribution is 5.73. The van der Waals surface area contributed by atoms with Crippen LogP contribution in [0.25, 0.3) is 0 Å². The summed E-state index contributed by atoms with van der Waals surface area (Å²) in [6, 6.07) is -0.952. The number of rotatable bonds is 14. The number of aliphatic hydroxyl groups excluding tert-OH is 3. The van der Waals surface area contributed by atoms with Crippen molar-refractivity contribution < 1.29 is 43.8 Å². The fraction of sp³-hybridized carbons (Fsp3) is 0.941. The van der Waals surface area contributed by atoms with E-state index in [4.69, 9.17) is 23.7 Å². The maximum atomic E-state index is 11.3. The van der Waals surface area contributed by atoms with Crippen LogP contribution in [0.1, 0.15) is 20.3 Å². The molecule has 27 heavy (non-hydrogen) atoms. The molecule has 5 atom stereocenters. The fourth-order valence-corrected chi connectivity index (χ4v) is 2.52. The number of aliphatic hydroxyl groups is 3. The Kier molecular flexibility index (Phi) is 12.7. The van der Waals surface area contributed by atoms with E-state index in [0.717, 1.165) is 13.0 Å². The van der Waals surface area contributed by atoms with E-state index in [-0.39, 0.29) is 13.2 Å². The summed E-state index contributed by atoms with van der Waals surface area (Å²) >= 11 is 0. The molecule has 1 aliphatic rings. The largest absolute Gasteiger partial charge is 0.394 e. The lowest BCUT2D eigenvalue weighted by Crippen LogP contribution is -2.64. The monoisotopic (exact) mass is 395 g/mol. The average Bonchev–Trinajstić information content (AvgIpc) is 2.64. The number of hydrogen-bond acceptors (Lipinski definition) is 9. The third-order valence-electron chi connectivity index (χ3n) is 3.85. The Morgan fingerprint density at radius 3 is 2.04 bits per heavy atom. The van der Waals surface area contributed by atoms with E-state index in [9.17, 15) is 20.1 Å². The first-order valence-electron chi connectivity index (χ1n) is 9.25. The number of carbonyl (C=O) groups excluding carboxylic acids is 1.